The Morgan fingerprint density at radius 2 is 1.73 bits per heavy atom. The standard InChI is InChI=1S/C26H29BrF4N6O2Si/c1-25(2,3)40(4,5)39-14-17-10-19(33-11-18(17)26(29,30)31)38-13-16-8-6-7-15(9-16)12-37-22-20(34-23(37)27)21(32)35-24(28)36-22/h6-11H,12-14H2,1-5H3,(H2,32,35,36). The van der Waals surface area contributed by atoms with Gasteiger partial charge in [0.25, 0.3) is 0 Å². The number of rotatable bonds is 8. The molecule has 0 aliphatic rings. The van der Waals surface area contributed by atoms with E-state index in [-0.39, 0.29) is 53.2 Å². The van der Waals surface area contributed by atoms with Crippen molar-refractivity contribution < 1.29 is 26.7 Å². The van der Waals surface area contributed by atoms with Crippen LogP contribution in [-0.4, -0.2) is 32.8 Å². The molecule has 0 amide bonds. The number of pyridine rings is 1. The summed E-state index contributed by atoms with van der Waals surface area (Å²) in [6, 6.07) is 8.62. The first kappa shape index (κ1) is 29.9. The summed E-state index contributed by atoms with van der Waals surface area (Å²) < 4.78 is 68.7. The summed E-state index contributed by atoms with van der Waals surface area (Å²) in [5.41, 5.74) is 6.98. The van der Waals surface area contributed by atoms with Crippen molar-refractivity contribution in [2.45, 2.75) is 64.8 Å². The number of halogens is 5. The molecular weight excluding hydrogens is 612 g/mol. The summed E-state index contributed by atoms with van der Waals surface area (Å²) in [7, 11) is -2.29. The largest absolute Gasteiger partial charge is 0.473 e. The molecule has 0 radical (unpaired) electrons. The van der Waals surface area contributed by atoms with E-state index < -0.39 is 26.1 Å². The zero-order valence-corrected chi connectivity index (χ0v) is 25.2. The summed E-state index contributed by atoms with van der Waals surface area (Å²) in [5, 5.41) is -0.158. The number of alkyl halides is 3. The number of hydrogen-bond acceptors (Lipinski definition) is 7. The molecule has 3 aromatic heterocycles. The highest BCUT2D eigenvalue weighted by molar-refractivity contribution is 9.10. The van der Waals surface area contributed by atoms with E-state index in [1.807, 2.05) is 58.1 Å². The van der Waals surface area contributed by atoms with Crippen molar-refractivity contribution in [2.75, 3.05) is 5.73 Å². The van der Waals surface area contributed by atoms with Crippen LogP contribution in [0.15, 0.2) is 41.3 Å². The van der Waals surface area contributed by atoms with Crippen molar-refractivity contribution in [1.82, 2.24) is 24.5 Å². The Morgan fingerprint density at radius 3 is 2.40 bits per heavy atom. The Bertz CT molecular complexity index is 1540. The highest BCUT2D eigenvalue weighted by Gasteiger charge is 2.39. The lowest BCUT2D eigenvalue weighted by Gasteiger charge is -2.36. The number of hydrogen-bond donors (Lipinski definition) is 1. The average Bonchev–Trinajstić information content (AvgIpc) is 3.15. The van der Waals surface area contributed by atoms with Gasteiger partial charge in [0.2, 0.25) is 5.88 Å². The lowest BCUT2D eigenvalue weighted by atomic mass is 10.1. The maximum atomic E-state index is 13.8. The number of nitrogens with two attached hydrogens (primary N) is 1. The molecule has 0 unspecified atom stereocenters. The first-order valence-corrected chi connectivity index (χ1v) is 16.0. The third kappa shape index (κ3) is 6.61. The number of anilines is 1. The molecule has 0 atom stereocenters. The fraction of sp³-hybridized carbons (Fsp3) is 0.385. The fourth-order valence-corrected chi connectivity index (χ4v) is 5.09. The molecule has 214 valence electrons. The topological polar surface area (TPSA) is 101 Å². The van der Waals surface area contributed by atoms with Crippen molar-refractivity contribution in [1.29, 1.82) is 0 Å². The molecule has 0 aliphatic carbocycles. The van der Waals surface area contributed by atoms with Crippen LogP contribution in [-0.2, 0) is 30.4 Å². The van der Waals surface area contributed by atoms with Crippen molar-refractivity contribution in [2.24, 2.45) is 0 Å². The Kier molecular flexibility index (Phi) is 8.25. The van der Waals surface area contributed by atoms with Crippen LogP contribution in [0.1, 0.15) is 43.0 Å². The molecule has 4 rings (SSSR count). The van der Waals surface area contributed by atoms with Crippen molar-refractivity contribution >= 4 is 41.2 Å². The van der Waals surface area contributed by atoms with Gasteiger partial charge in [-0.1, -0.05) is 45.0 Å². The number of aromatic nitrogens is 5. The van der Waals surface area contributed by atoms with Crippen LogP contribution in [0, 0.1) is 6.08 Å². The first-order valence-electron chi connectivity index (χ1n) is 12.3. The average molecular weight is 642 g/mol. The zero-order valence-electron chi connectivity index (χ0n) is 22.6. The number of fused-ring (bicyclic) bond motifs is 1. The second kappa shape index (κ2) is 11.1. The van der Waals surface area contributed by atoms with E-state index in [9.17, 15) is 17.6 Å². The minimum Gasteiger partial charge on any atom is -0.473 e. The molecule has 14 heteroatoms. The molecule has 0 fully saturated rings. The molecule has 8 nitrogen and oxygen atoms in total. The molecule has 1 aromatic carbocycles. The van der Waals surface area contributed by atoms with Gasteiger partial charge in [0, 0.05) is 12.3 Å². The van der Waals surface area contributed by atoms with Crippen molar-refractivity contribution in [3.63, 3.8) is 0 Å². The monoisotopic (exact) mass is 640 g/mol. The lowest BCUT2D eigenvalue weighted by Crippen LogP contribution is -2.40. The Labute approximate surface area is 238 Å². The van der Waals surface area contributed by atoms with Crippen LogP contribution in [0.2, 0.25) is 18.1 Å². The van der Waals surface area contributed by atoms with E-state index in [2.05, 4.69) is 35.9 Å². The highest BCUT2D eigenvalue weighted by Crippen LogP contribution is 2.39. The minimum absolute atomic E-state index is 0.0265. The number of ether oxygens (including phenoxy) is 1. The molecule has 0 saturated carbocycles. The molecule has 40 heavy (non-hydrogen) atoms. The Hall–Kier alpha value is -3.10. The predicted molar refractivity (Wildman–Crippen MR) is 148 cm³/mol. The normalized spacial score (nSPS) is 12.8. The van der Waals surface area contributed by atoms with Crippen LogP contribution in [0.5, 0.6) is 5.88 Å². The smallest absolute Gasteiger partial charge is 0.418 e. The van der Waals surface area contributed by atoms with Crippen LogP contribution >= 0.6 is 15.9 Å². The fourth-order valence-electron chi connectivity index (χ4n) is 3.67. The summed E-state index contributed by atoms with van der Waals surface area (Å²) in [5.74, 6) is -0.0135. The first-order chi connectivity index (χ1) is 18.5. The van der Waals surface area contributed by atoms with Gasteiger partial charge in [0.05, 0.1) is 18.7 Å². The Balaban J connectivity index is 1.52. The third-order valence-electron chi connectivity index (χ3n) is 6.93. The van der Waals surface area contributed by atoms with Gasteiger partial charge in [-0.3, -0.25) is 4.57 Å². The van der Waals surface area contributed by atoms with E-state index in [1.165, 1.54) is 6.07 Å². The summed E-state index contributed by atoms with van der Waals surface area (Å²) in [4.78, 5) is 15.5. The number of benzene rings is 1. The molecule has 4 aromatic rings. The summed E-state index contributed by atoms with van der Waals surface area (Å²) in [6.45, 7) is 10.2. The number of imidazole rings is 1. The SMILES string of the molecule is CC(C)(C)[Si](C)(C)OCc1cc(OCc2cccc(Cn3c(Br)nc4c(N)nc(F)nc43)c2)ncc1C(F)(F)F. The minimum atomic E-state index is -4.57. The van der Waals surface area contributed by atoms with E-state index in [4.69, 9.17) is 14.9 Å². The van der Waals surface area contributed by atoms with Gasteiger partial charge >= 0.3 is 12.3 Å². The van der Waals surface area contributed by atoms with Gasteiger partial charge in [0.15, 0.2) is 30.0 Å². The van der Waals surface area contributed by atoms with Crippen LogP contribution in [0.4, 0.5) is 23.4 Å². The second-order valence-electron chi connectivity index (χ2n) is 10.9. The molecule has 0 spiro atoms. The predicted octanol–water partition coefficient (Wildman–Crippen LogP) is 6.87. The van der Waals surface area contributed by atoms with Crippen LogP contribution in [0.25, 0.3) is 11.2 Å². The van der Waals surface area contributed by atoms with Crippen molar-refractivity contribution in [3.8, 4) is 5.88 Å². The van der Waals surface area contributed by atoms with E-state index in [0.717, 1.165) is 17.3 Å². The summed E-state index contributed by atoms with van der Waals surface area (Å²) in [6.07, 6.45) is -4.75. The van der Waals surface area contributed by atoms with Gasteiger partial charge in [-0.25, -0.2) is 9.97 Å². The zero-order chi connectivity index (χ0) is 29.5. The third-order valence-corrected chi connectivity index (χ3v) is 12.0. The lowest BCUT2D eigenvalue weighted by molar-refractivity contribution is -0.138. The van der Waals surface area contributed by atoms with E-state index in [0.29, 0.717) is 4.73 Å². The molecule has 0 saturated heterocycles. The molecule has 3 heterocycles. The van der Waals surface area contributed by atoms with Crippen molar-refractivity contribution in [3.05, 3.63) is 69.6 Å². The van der Waals surface area contributed by atoms with Gasteiger partial charge in [-0.15, -0.1) is 0 Å². The maximum absolute atomic E-state index is 13.8. The number of nitrogen functional groups attached to an aromatic ring is 1. The van der Waals surface area contributed by atoms with Gasteiger partial charge < -0.3 is 14.9 Å². The molecule has 2 N–H and O–H groups in total. The number of nitrogens with zero attached hydrogens (tertiary/aromatic N) is 5. The van der Waals surface area contributed by atoms with Gasteiger partial charge in [-0.05, 0) is 50.8 Å². The van der Waals surface area contributed by atoms with E-state index >= 15 is 0 Å². The van der Waals surface area contributed by atoms with Gasteiger partial charge in [0.1, 0.15) is 6.61 Å². The second-order valence-corrected chi connectivity index (χ2v) is 16.4. The van der Waals surface area contributed by atoms with Crippen LogP contribution in [0.3, 0.4) is 0 Å². The Morgan fingerprint density at radius 1 is 1.02 bits per heavy atom. The summed E-state index contributed by atoms with van der Waals surface area (Å²) >= 11 is 3.35. The van der Waals surface area contributed by atoms with Gasteiger partial charge in [-0.2, -0.15) is 27.5 Å². The molecule has 0 aliphatic heterocycles. The van der Waals surface area contributed by atoms with Crippen LogP contribution < -0.4 is 10.5 Å². The molecule has 0 bridgehead atoms. The highest BCUT2D eigenvalue weighted by atomic mass is 79.9. The quantitative estimate of drug-likeness (QED) is 0.0970. The maximum Gasteiger partial charge on any atom is 0.418 e. The van der Waals surface area contributed by atoms with E-state index in [1.54, 1.807) is 4.57 Å². The molecular formula is C26H29BrF4N6O2Si.